The molecule has 0 saturated heterocycles. The highest BCUT2D eigenvalue weighted by Gasteiger charge is 2.33. The Labute approximate surface area is 105 Å². The molecule has 0 radical (unpaired) electrons. The van der Waals surface area contributed by atoms with Crippen LogP contribution in [0.15, 0.2) is 24.3 Å². The molecule has 1 aromatic rings. The van der Waals surface area contributed by atoms with Crippen molar-refractivity contribution < 1.29 is 0 Å². The van der Waals surface area contributed by atoms with Gasteiger partial charge in [0.2, 0.25) is 0 Å². The molecule has 2 aliphatic rings. The molecular formula is C16H23N. The Morgan fingerprint density at radius 3 is 2.35 bits per heavy atom. The lowest BCUT2D eigenvalue weighted by atomic mass is 9.70. The quantitative estimate of drug-likeness (QED) is 0.815. The van der Waals surface area contributed by atoms with Gasteiger partial charge in [0.15, 0.2) is 0 Å². The first-order valence-electron chi connectivity index (χ1n) is 7.19. The summed E-state index contributed by atoms with van der Waals surface area (Å²) >= 11 is 0. The molecule has 1 nitrogen and oxygen atoms in total. The summed E-state index contributed by atoms with van der Waals surface area (Å²) < 4.78 is 0. The van der Waals surface area contributed by atoms with Crippen LogP contribution in [-0.4, -0.2) is 12.6 Å². The van der Waals surface area contributed by atoms with Crippen molar-refractivity contribution in [3.8, 4) is 0 Å². The molecule has 0 amide bonds. The molecular weight excluding hydrogens is 206 g/mol. The Bertz CT molecular complexity index is 364. The van der Waals surface area contributed by atoms with E-state index in [4.69, 9.17) is 0 Å². The number of aryl methyl sites for hydroxylation is 1. The molecule has 1 N–H and O–H groups in total. The van der Waals surface area contributed by atoms with Crippen LogP contribution in [0.2, 0.25) is 0 Å². The van der Waals surface area contributed by atoms with E-state index in [2.05, 4.69) is 36.5 Å². The van der Waals surface area contributed by atoms with Crippen LogP contribution in [-0.2, 0) is 6.42 Å². The number of hydrogen-bond acceptors (Lipinski definition) is 1. The molecule has 3 rings (SSSR count). The van der Waals surface area contributed by atoms with E-state index in [9.17, 15) is 0 Å². The fourth-order valence-corrected chi connectivity index (χ4v) is 2.86. The highest BCUT2D eigenvalue weighted by Crippen LogP contribution is 2.42. The zero-order valence-electron chi connectivity index (χ0n) is 10.8. The SMILES string of the molecule is CCc1ccc(C2CCC2CNC2CC2)cc1. The van der Waals surface area contributed by atoms with E-state index in [0.29, 0.717) is 0 Å². The molecule has 2 aliphatic carbocycles. The van der Waals surface area contributed by atoms with Crippen LogP contribution in [0.25, 0.3) is 0 Å². The van der Waals surface area contributed by atoms with Gasteiger partial charge in [-0.05, 0) is 61.6 Å². The maximum atomic E-state index is 3.68. The van der Waals surface area contributed by atoms with E-state index < -0.39 is 0 Å². The normalized spacial score (nSPS) is 27.8. The van der Waals surface area contributed by atoms with Gasteiger partial charge in [-0.25, -0.2) is 0 Å². The molecule has 0 heterocycles. The number of rotatable bonds is 5. The molecule has 0 spiro atoms. The molecule has 0 aromatic heterocycles. The summed E-state index contributed by atoms with van der Waals surface area (Å²) in [6.45, 7) is 3.46. The smallest absolute Gasteiger partial charge is 0.00683 e. The first-order valence-corrected chi connectivity index (χ1v) is 7.19. The van der Waals surface area contributed by atoms with Gasteiger partial charge in [-0.3, -0.25) is 0 Å². The van der Waals surface area contributed by atoms with E-state index in [1.165, 1.54) is 37.8 Å². The number of nitrogens with one attached hydrogen (secondary N) is 1. The van der Waals surface area contributed by atoms with Crippen LogP contribution in [0.1, 0.15) is 49.7 Å². The highest BCUT2D eigenvalue weighted by atomic mass is 14.9. The molecule has 92 valence electrons. The van der Waals surface area contributed by atoms with Crippen molar-refractivity contribution in [2.75, 3.05) is 6.54 Å². The molecule has 17 heavy (non-hydrogen) atoms. The number of benzene rings is 1. The van der Waals surface area contributed by atoms with E-state index in [0.717, 1.165) is 24.3 Å². The van der Waals surface area contributed by atoms with Gasteiger partial charge >= 0.3 is 0 Å². The van der Waals surface area contributed by atoms with Crippen molar-refractivity contribution >= 4 is 0 Å². The summed E-state index contributed by atoms with van der Waals surface area (Å²) in [5.41, 5.74) is 3.02. The second kappa shape index (κ2) is 4.81. The Morgan fingerprint density at radius 2 is 1.82 bits per heavy atom. The van der Waals surface area contributed by atoms with Crippen LogP contribution in [0, 0.1) is 5.92 Å². The zero-order chi connectivity index (χ0) is 11.7. The molecule has 1 heteroatoms. The number of hydrogen-bond donors (Lipinski definition) is 1. The predicted octanol–water partition coefficient (Wildman–Crippen LogP) is 3.49. The van der Waals surface area contributed by atoms with Gasteiger partial charge < -0.3 is 5.32 Å². The third-order valence-electron chi connectivity index (χ3n) is 4.48. The lowest BCUT2D eigenvalue weighted by Gasteiger charge is -2.37. The molecule has 2 saturated carbocycles. The van der Waals surface area contributed by atoms with E-state index in [1.54, 1.807) is 5.56 Å². The van der Waals surface area contributed by atoms with Crippen LogP contribution in [0.3, 0.4) is 0 Å². The summed E-state index contributed by atoms with van der Waals surface area (Å²) in [6, 6.07) is 10.2. The second-order valence-electron chi connectivity index (χ2n) is 5.72. The lowest BCUT2D eigenvalue weighted by molar-refractivity contribution is 0.245. The minimum Gasteiger partial charge on any atom is -0.314 e. The van der Waals surface area contributed by atoms with Crippen LogP contribution in [0.5, 0.6) is 0 Å². The van der Waals surface area contributed by atoms with Crippen molar-refractivity contribution in [3.05, 3.63) is 35.4 Å². The van der Waals surface area contributed by atoms with Crippen molar-refractivity contribution in [2.24, 2.45) is 5.92 Å². The minimum absolute atomic E-state index is 0.826. The first kappa shape index (κ1) is 11.3. The largest absolute Gasteiger partial charge is 0.314 e. The summed E-state index contributed by atoms with van der Waals surface area (Å²) in [5.74, 6) is 1.72. The monoisotopic (exact) mass is 229 g/mol. The first-order chi connectivity index (χ1) is 8.36. The minimum atomic E-state index is 0.826. The van der Waals surface area contributed by atoms with Crippen molar-refractivity contribution in [2.45, 2.75) is 51.0 Å². The summed E-state index contributed by atoms with van der Waals surface area (Å²) in [5, 5.41) is 3.68. The summed E-state index contributed by atoms with van der Waals surface area (Å²) in [6.07, 6.45) is 6.77. The van der Waals surface area contributed by atoms with Gasteiger partial charge in [-0.2, -0.15) is 0 Å². The van der Waals surface area contributed by atoms with Gasteiger partial charge in [-0.15, -0.1) is 0 Å². The summed E-state index contributed by atoms with van der Waals surface area (Å²) in [4.78, 5) is 0. The molecule has 0 aliphatic heterocycles. The predicted molar refractivity (Wildman–Crippen MR) is 72.3 cm³/mol. The van der Waals surface area contributed by atoms with Crippen LogP contribution >= 0.6 is 0 Å². The Balaban J connectivity index is 1.58. The van der Waals surface area contributed by atoms with Crippen LogP contribution in [0.4, 0.5) is 0 Å². The fourth-order valence-electron chi connectivity index (χ4n) is 2.86. The Morgan fingerprint density at radius 1 is 1.06 bits per heavy atom. The van der Waals surface area contributed by atoms with E-state index in [1.807, 2.05) is 0 Å². The molecule has 2 unspecified atom stereocenters. The average molecular weight is 229 g/mol. The van der Waals surface area contributed by atoms with Gasteiger partial charge in [0, 0.05) is 6.04 Å². The fraction of sp³-hybridized carbons (Fsp3) is 0.625. The zero-order valence-corrected chi connectivity index (χ0v) is 10.8. The van der Waals surface area contributed by atoms with Gasteiger partial charge in [-0.1, -0.05) is 31.2 Å². The van der Waals surface area contributed by atoms with Gasteiger partial charge in [0.25, 0.3) is 0 Å². The standard InChI is InChI=1S/C16H23N/c1-2-12-3-5-13(6-4-12)16-10-7-14(16)11-17-15-8-9-15/h3-6,14-17H,2,7-11H2,1H3. The van der Waals surface area contributed by atoms with E-state index >= 15 is 0 Å². The van der Waals surface area contributed by atoms with Crippen molar-refractivity contribution in [1.82, 2.24) is 5.32 Å². The molecule has 2 fully saturated rings. The molecule has 0 bridgehead atoms. The topological polar surface area (TPSA) is 12.0 Å². The summed E-state index contributed by atoms with van der Waals surface area (Å²) in [7, 11) is 0. The van der Waals surface area contributed by atoms with Gasteiger partial charge in [0.1, 0.15) is 0 Å². The second-order valence-corrected chi connectivity index (χ2v) is 5.72. The highest BCUT2D eigenvalue weighted by molar-refractivity contribution is 5.27. The van der Waals surface area contributed by atoms with Crippen molar-refractivity contribution in [3.63, 3.8) is 0 Å². The Hall–Kier alpha value is -0.820. The lowest BCUT2D eigenvalue weighted by Crippen LogP contribution is -2.34. The maximum Gasteiger partial charge on any atom is 0.00683 e. The average Bonchev–Trinajstić information content (AvgIpc) is 3.13. The third-order valence-corrected chi connectivity index (χ3v) is 4.48. The van der Waals surface area contributed by atoms with E-state index in [-0.39, 0.29) is 0 Å². The van der Waals surface area contributed by atoms with Crippen molar-refractivity contribution in [1.29, 1.82) is 0 Å². The van der Waals surface area contributed by atoms with Gasteiger partial charge in [0.05, 0.1) is 0 Å². The maximum absolute atomic E-state index is 3.68. The molecule has 2 atom stereocenters. The molecule has 1 aromatic carbocycles. The van der Waals surface area contributed by atoms with Crippen LogP contribution < -0.4 is 5.32 Å². The third kappa shape index (κ3) is 2.55. The Kier molecular flexibility index (Phi) is 3.19.